The first-order valence-corrected chi connectivity index (χ1v) is 8.41. The minimum Gasteiger partial charge on any atom is -0.207 e. The SMILES string of the molecule is Cc1cc(C)c(S(=O)(=O)NCc2ccccc2C)c(C)c1. The predicted molar refractivity (Wildman–Crippen MR) is 85.9 cm³/mol. The van der Waals surface area contributed by atoms with Gasteiger partial charge in [0.15, 0.2) is 0 Å². The third-order valence-electron chi connectivity index (χ3n) is 3.59. The van der Waals surface area contributed by atoms with Crippen LogP contribution in [0.25, 0.3) is 0 Å². The lowest BCUT2D eigenvalue weighted by molar-refractivity contribution is 0.580. The van der Waals surface area contributed by atoms with E-state index < -0.39 is 10.0 Å². The van der Waals surface area contributed by atoms with Gasteiger partial charge in [0.25, 0.3) is 0 Å². The first-order chi connectivity index (χ1) is 9.81. The highest BCUT2D eigenvalue weighted by atomic mass is 32.2. The number of sulfonamides is 1. The highest BCUT2D eigenvalue weighted by Crippen LogP contribution is 2.22. The maximum Gasteiger partial charge on any atom is 0.241 e. The number of hydrogen-bond donors (Lipinski definition) is 1. The fraction of sp³-hybridized carbons (Fsp3) is 0.294. The van der Waals surface area contributed by atoms with Crippen molar-refractivity contribution in [2.24, 2.45) is 0 Å². The lowest BCUT2D eigenvalue weighted by atomic mass is 10.1. The molecule has 0 atom stereocenters. The van der Waals surface area contributed by atoms with Crippen LogP contribution in [0.1, 0.15) is 27.8 Å². The van der Waals surface area contributed by atoms with Crippen molar-refractivity contribution >= 4 is 10.0 Å². The summed E-state index contributed by atoms with van der Waals surface area (Å²) in [5.74, 6) is 0. The van der Waals surface area contributed by atoms with Crippen LogP contribution in [0, 0.1) is 27.7 Å². The summed E-state index contributed by atoms with van der Waals surface area (Å²) in [6.07, 6.45) is 0. The van der Waals surface area contributed by atoms with Crippen LogP contribution in [0.5, 0.6) is 0 Å². The lowest BCUT2D eigenvalue weighted by Gasteiger charge is -2.14. The second-order valence-corrected chi connectivity index (χ2v) is 7.18. The van der Waals surface area contributed by atoms with Crippen LogP contribution in [0.3, 0.4) is 0 Å². The highest BCUT2D eigenvalue weighted by molar-refractivity contribution is 7.89. The Balaban J connectivity index is 2.30. The number of benzene rings is 2. The lowest BCUT2D eigenvalue weighted by Crippen LogP contribution is -2.25. The van der Waals surface area contributed by atoms with E-state index in [0.29, 0.717) is 11.4 Å². The normalized spacial score (nSPS) is 11.6. The van der Waals surface area contributed by atoms with E-state index in [0.717, 1.165) is 27.8 Å². The largest absolute Gasteiger partial charge is 0.241 e. The summed E-state index contributed by atoms with van der Waals surface area (Å²) >= 11 is 0. The van der Waals surface area contributed by atoms with Gasteiger partial charge in [-0.1, -0.05) is 42.0 Å². The standard InChI is InChI=1S/C17H21NO2S/c1-12-9-14(3)17(15(4)10-12)21(19,20)18-11-16-8-6-5-7-13(16)2/h5-10,18H,11H2,1-4H3. The Morgan fingerprint density at radius 2 is 1.48 bits per heavy atom. The zero-order valence-electron chi connectivity index (χ0n) is 12.9. The zero-order chi connectivity index (χ0) is 15.6. The van der Waals surface area contributed by atoms with E-state index >= 15 is 0 Å². The predicted octanol–water partition coefficient (Wildman–Crippen LogP) is 3.40. The summed E-state index contributed by atoms with van der Waals surface area (Å²) in [6, 6.07) is 11.6. The number of aryl methyl sites for hydroxylation is 4. The number of nitrogens with one attached hydrogen (secondary N) is 1. The van der Waals surface area contributed by atoms with E-state index in [1.54, 1.807) is 0 Å². The molecule has 0 heterocycles. The van der Waals surface area contributed by atoms with Crippen LogP contribution in [0.4, 0.5) is 0 Å². The van der Waals surface area contributed by atoms with Crippen LogP contribution in [0.2, 0.25) is 0 Å². The Morgan fingerprint density at radius 1 is 0.905 bits per heavy atom. The van der Waals surface area contributed by atoms with E-state index in [2.05, 4.69) is 4.72 Å². The molecule has 4 heteroatoms. The number of hydrogen-bond acceptors (Lipinski definition) is 2. The molecule has 2 aromatic carbocycles. The summed E-state index contributed by atoms with van der Waals surface area (Å²) < 4.78 is 27.8. The average molecular weight is 303 g/mol. The third kappa shape index (κ3) is 3.52. The van der Waals surface area contributed by atoms with Gasteiger partial charge in [-0.25, -0.2) is 13.1 Å². The fourth-order valence-corrected chi connectivity index (χ4v) is 4.10. The molecule has 0 aliphatic heterocycles. The van der Waals surface area contributed by atoms with E-state index in [1.165, 1.54) is 0 Å². The second kappa shape index (κ2) is 6.00. The minimum atomic E-state index is -3.50. The van der Waals surface area contributed by atoms with Crippen LogP contribution in [0.15, 0.2) is 41.3 Å². The Labute approximate surface area is 127 Å². The van der Waals surface area contributed by atoms with Gasteiger partial charge in [0.05, 0.1) is 4.90 Å². The molecule has 3 nitrogen and oxygen atoms in total. The first kappa shape index (κ1) is 15.7. The summed E-state index contributed by atoms with van der Waals surface area (Å²) in [4.78, 5) is 0.390. The molecule has 0 unspecified atom stereocenters. The number of rotatable bonds is 4. The van der Waals surface area contributed by atoms with Crippen molar-refractivity contribution in [2.75, 3.05) is 0 Å². The van der Waals surface area contributed by atoms with Crippen LogP contribution in [-0.2, 0) is 16.6 Å². The van der Waals surface area contributed by atoms with Crippen molar-refractivity contribution in [3.63, 3.8) is 0 Å². The molecule has 0 saturated heterocycles. The quantitative estimate of drug-likeness (QED) is 0.941. The first-order valence-electron chi connectivity index (χ1n) is 6.93. The average Bonchev–Trinajstić information content (AvgIpc) is 2.36. The summed E-state index contributed by atoms with van der Waals surface area (Å²) in [6.45, 7) is 7.93. The molecule has 0 aromatic heterocycles. The van der Waals surface area contributed by atoms with Gasteiger partial charge >= 0.3 is 0 Å². The van der Waals surface area contributed by atoms with Gasteiger partial charge in [0, 0.05) is 6.54 Å². The molecular weight excluding hydrogens is 282 g/mol. The summed E-state index contributed by atoms with van der Waals surface area (Å²) in [7, 11) is -3.50. The Morgan fingerprint density at radius 3 is 2.05 bits per heavy atom. The van der Waals surface area contributed by atoms with Gasteiger partial charge < -0.3 is 0 Å². The summed E-state index contributed by atoms with van der Waals surface area (Å²) in [5, 5.41) is 0. The van der Waals surface area contributed by atoms with Gasteiger partial charge in [-0.2, -0.15) is 0 Å². The molecule has 2 aromatic rings. The van der Waals surface area contributed by atoms with Crippen LogP contribution >= 0.6 is 0 Å². The Kier molecular flexibility index (Phi) is 4.49. The van der Waals surface area contributed by atoms with Crippen LogP contribution < -0.4 is 4.72 Å². The van der Waals surface area contributed by atoms with Gasteiger partial charge in [-0.15, -0.1) is 0 Å². The molecular formula is C17H21NO2S. The molecule has 0 bridgehead atoms. The van der Waals surface area contributed by atoms with Gasteiger partial charge in [0.1, 0.15) is 0 Å². The molecule has 1 N–H and O–H groups in total. The molecule has 0 aliphatic rings. The fourth-order valence-electron chi connectivity index (χ4n) is 2.64. The van der Waals surface area contributed by atoms with E-state index in [-0.39, 0.29) is 0 Å². The zero-order valence-corrected chi connectivity index (χ0v) is 13.7. The molecule has 0 aliphatic carbocycles. The summed E-state index contributed by atoms with van der Waals surface area (Å²) in [5.41, 5.74) is 4.71. The molecule has 0 saturated carbocycles. The molecule has 0 spiro atoms. The minimum absolute atomic E-state index is 0.307. The van der Waals surface area contributed by atoms with Gasteiger partial charge in [-0.05, 0) is 49.9 Å². The van der Waals surface area contributed by atoms with Gasteiger partial charge in [-0.3, -0.25) is 0 Å². The molecule has 21 heavy (non-hydrogen) atoms. The van der Waals surface area contributed by atoms with Crippen molar-refractivity contribution in [1.29, 1.82) is 0 Å². The second-order valence-electron chi connectivity index (χ2n) is 5.48. The van der Waals surface area contributed by atoms with Crippen molar-refractivity contribution in [3.8, 4) is 0 Å². The van der Waals surface area contributed by atoms with E-state index in [4.69, 9.17) is 0 Å². The van der Waals surface area contributed by atoms with E-state index in [1.807, 2.05) is 64.1 Å². The smallest absolute Gasteiger partial charge is 0.207 e. The van der Waals surface area contributed by atoms with Gasteiger partial charge in [0.2, 0.25) is 10.0 Å². The molecule has 0 radical (unpaired) electrons. The third-order valence-corrected chi connectivity index (χ3v) is 5.29. The maximum absolute atomic E-state index is 12.6. The molecule has 0 amide bonds. The molecule has 2 rings (SSSR count). The van der Waals surface area contributed by atoms with Crippen molar-refractivity contribution in [3.05, 3.63) is 64.2 Å². The highest BCUT2D eigenvalue weighted by Gasteiger charge is 2.19. The monoisotopic (exact) mass is 303 g/mol. The van der Waals surface area contributed by atoms with Crippen molar-refractivity contribution in [2.45, 2.75) is 39.1 Å². The van der Waals surface area contributed by atoms with Crippen LogP contribution in [-0.4, -0.2) is 8.42 Å². The van der Waals surface area contributed by atoms with Crippen molar-refractivity contribution < 1.29 is 8.42 Å². The van der Waals surface area contributed by atoms with E-state index in [9.17, 15) is 8.42 Å². The maximum atomic E-state index is 12.6. The Hall–Kier alpha value is -1.65. The topological polar surface area (TPSA) is 46.2 Å². The Bertz CT molecular complexity index is 741. The van der Waals surface area contributed by atoms with Crippen molar-refractivity contribution in [1.82, 2.24) is 4.72 Å². The molecule has 0 fully saturated rings. The molecule has 112 valence electrons.